The predicted molar refractivity (Wildman–Crippen MR) is 120 cm³/mol. The Kier molecular flexibility index (Phi) is 6.26. The van der Waals surface area contributed by atoms with Gasteiger partial charge in [0.2, 0.25) is 17.6 Å². The summed E-state index contributed by atoms with van der Waals surface area (Å²) in [5.74, 6) is 1.53. The van der Waals surface area contributed by atoms with Crippen LogP contribution >= 0.6 is 0 Å². The predicted octanol–water partition coefficient (Wildman–Crippen LogP) is 3.62. The number of amides is 2. The Labute approximate surface area is 188 Å². The second kappa shape index (κ2) is 9.10. The molecule has 2 aromatic rings. The van der Waals surface area contributed by atoms with E-state index in [0.717, 1.165) is 24.0 Å². The number of nitrogens with one attached hydrogen (secondary N) is 1. The zero-order valence-electron chi connectivity index (χ0n) is 18.8. The number of hydrogen-bond donors (Lipinski definition) is 1. The lowest BCUT2D eigenvalue weighted by molar-refractivity contribution is -0.165. The van der Waals surface area contributed by atoms with E-state index < -0.39 is 5.54 Å². The average molecular weight is 439 g/mol. The van der Waals surface area contributed by atoms with Gasteiger partial charge in [0.15, 0.2) is 11.5 Å². The van der Waals surface area contributed by atoms with Crippen molar-refractivity contribution in [2.75, 3.05) is 21.3 Å². The molecule has 2 fully saturated rings. The lowest BCUT2D eigenvalue weighted by Gasteiger charge is -2.51. The number of nitrogens with zero attached hydrogens (tertiary/aromatic N) is 1. The molecule has 170 valence electrons. The molecule has 7 heteroatoms. The van der Waals surface area contributed by atoms with Crippen molar-refractivity contribution in [1.29, 1.82) is 0 Å². The van der Waals surface area contributed by atoms with Gasteiger partial charge in [0.1, 0.15) is 5.54 Å². The van der Waals surface area contributed by atoms with Crippen LogP contribution in [0.1, 0.15) is 49.3 Å². The smallest absolute Gasteiger partial charge is 0.246 e. The molecule has 1 atom stereocenters. The molecule has 1 N–H and O–H groups in total. The monoisotopic (exact) mass is 438 g/mol. The highest BCUT2D eigenvalue weighted by Gasteiger charge is 2.55. The van der Waals surface area contributed by atoms with Gasteiger partial charge >= 0.3 is 0 Å². The summed E-state index contributed by atoms with van der Waals surface area (Å²) in [6, 6.07) is 13.6. The van der Waals surface area contributed by atoms with Gasteiger partial charge in [-0.05, 0) is 36.1 Å². The van der Waals surface area contributed by atoms with Crippen LogP contribution in [-0.4, -0.2) is 43.6 Å². The number of β-lactam (4-membered cyclic amide) rings is 1. The van der Waals surface area contributed by atoms with E-state index in [9.17, 15) is 9.59 Å². The van der Waals surface area contributed by atoms with Crippen LogP contribution in [0.3, 0.4) is 0 Å². The number of ether oxygens (including phenoxy) is 3. The molecule has 0 spiro atoms. The Hall–Kier alpha value is -3.22. The van der Waals surface area contributed by atoms with E-state index in [1.165, 1.54) is 0 Å². The Morgan fingerprint density at radius 1 is 1.03 bits per heavy atom. The van der Waals surface area contributed by atoms with Crippen LogP contribution in [0.25, 0.3) is 0 Å². The van der Waals surface area contributed by atoms with Crippen molar-refractivity contribution >= 4 is 11.8 Å². The Bertz CT molecular complexity index is 960. The minimum Gasteiger partial charge on any atom is -0.493 e. The minimum atomic E-state index is -0.795. The molecule has 1 heterocycles. The maximum atomic E-state index is 13.5. The quantitative estimate of drug-likeness (QED) is 0.637. The van der Waals surface area contributed by atoms with Gasteiger partial charge in [0.05, 0.1) is 33.8 Å². The maximum absolute atomic E-state index is 13.5. The number of carbonyl (C=O) groups excluding carboxylic acids is 2. The molecular weight excluding hydrogens is 408 g/mol. The Balaban J connectivity index is 1.55. The number of hydrogen-bond acceptors (Lipinski definition) is 5. The molecule has 32 heavy (non-hydrogen) atoms. The molecule has 0 radical (unpaired) electrons. The molecule has 1 aliphatic heterocycles. The van der Waals surface area contributed by atoms with Gasteiger partial charge in [-0.2, -0.15) is 0 Å². The zero-order valence-corrected chi connectivity index (χ0v) is 18.8. The Morgan fingerprint density at radius 2 is 1.66 bits per heavy atom. The summed E-state index contributed by atoms with van der Waals surface area (Å²) in [6.45, 7) is 0.301. The third kappa shape index (κ3) is 3.76. The van der Waals surface area contributed by atoms with E-state index in [-0.39, 0.29) is 17.9 Å². The van der Waals surface area contributed by atoms with Crippen LogP contribution in [0.5, 0.6) is 17.2 Å². The number of methoxy groups -OCH3 is 3. The molecule has 1 unspecified atom stereocenters. The van der Waals surface area contributed by atoms with E-state index >= 15 is 0 Å². The molecule has 2 aromatic carbocycles. The van der Waals surface area contributed by atoms with Gasteiger partial charge < -0.3 is 24.4 Å². The van der Waals surface area contributed by atoms with Gasteiger partial charge in [0.25, 0.3) is 0 Å². The fraction of sp³-hybridized carbons (Fsp3) is 0.440. The molecule has 2 aliphatic rings. The molecule has 1 aliphatic carbocycles. The first-order valence-corrected chi connectivity index (χ1v) is 11.0. The topological polar surface area (TPSA) is 77.1 Å². The van der Waals surface area contributed by atoms with Crippen molar-refractivity contribution in [3.8, 4) is 17.2 Å². The molecule has 7 nitrogen and oxygen atoms in total. The average Bonchev–Trinajstić information content (AvgIpc) is 3.30. The van der Waals surface area contributed by atoms with Gasteiger partial charge in [-0.25, -0.2) is 0 Å². The van der Waals surface area contributed by atoms with Gasteiger partial charge in [0, 0.05) is 6.54 Å². The zero-order chi connectivity index (χ0) is 22.7. The van der Waals surface area contributed by atoms with E-state index in [4.69, 9.17) is 14.2 Å². The molecule has 4 rings (SSSR count). The first-order valence-electron chi connectivity index (χ1n) is 11.0. The third-order valence-electron chi connectivity index (χ3n) is 6.62. The lowest BCUT2D eigenvalue weighted by Crippen LogP contribution is -2.65. The number of rotatable bonds is 8. The van der Waals surface area contributed by atoms with Crippen LogP contribution in [0.15, 0.2) is 42.5 Å². The molecule has 1 saturated carbocycles. The van der Waals surface area contributed by atoms with E-state index in [1.54, 1.807) is 21.3 Å². The second-order valence-corrected chi connectivity index (χ2v) is 8.35. The largest absolute Gasteiger partial charge is 0.493 e. The highest BCUT2D eigenvalue weighted by molar-refractivity contribution is 5.95. The molecular formula is C25H30N2O5. The van der Waals surface area contributed by atoms with Crippen molar-refractivity contribution in [2.45, 2.75) is 50.2 Å². The van der Waals surface area contributed by atoms with Gasteiger partial charge in [-0.15, -0.1) is 0 Å². The summed E-state index contributed by atoms with van der Waals surface area (Å²) < 4.78 is 16.2. The van der Waals surface area contributed by atoms with Crippen molar-refractivity contribution in [3.63, 3.8) is 0 Å². The maximum Gasteiger partial charge on any atom is 0.246 e. The molecule has 0 bridgehead atoms. The van der Waals surface area contributed by atoms with Crippen LogP contribution in [0.4, 0.5) is 0 Å². The fourth-order valence-electron chi connectivity index (χ4n) is 5.02. The van der Waals surface area contributed by atoms with Crippen LogP contribution in [0, 0.1) is 0 Å². The lowest BCUT2D eigenvalue weighted by atomic mass is 9.83. The van der Waals surface area contributed by atoms with E-state index in [1.807, 2.05) is 47.4 Å². The molecule has 1 saturated heterocycles. The summed E-state index contributed by atoms with van der Waals surface area (Å²) in [6.07, 6.45) is 3.68. The summed E-state index contributed by atoms with van der Waals surface area (Å²) in [7, 11) is 4.68. The van der Waals surface area contributed by atoms with Crippen molar-refractivity contribution in [3.05, 3.63) is 53.6 Å². The third-order valence-corrected chi connectivity index (χ3v) is 6.62. The normalized spacial score (nSPS) is 19.3. The Morgan fingerprint density at radius 3 is 2.19 bits per heavy atom. The minimum absolute atomic E-state index is 0.0451. The summed E-state index contributed by atoms with van der Waals surface area (Å²) >= 11 is 0. The first-order chi connectivity index (χ1) is 15.5. The van der Waals surface area contributed by atoms with Gasteiger partial charge in [-0.3, -0.25) is 9.59 Å². The van der Waals surface area contributed by atoms with E-state index in [2.05, 4.69) is 5.32 Å². The molecule has 0 aromatic heterocycles. The standard InChI is InChI=1S/C25H30N2O5/c1-30-20-13-17(14-21(31-2)23(20)32-3)16-26-24(29)25(11-7-8-12-25)27-19(15-22(27)28)18-9-5-4-6-10-18/h4-6,9-10,13-14,19H,7-8,11-12,15-16H2,1-3H3,(H,26,29). The van der Waals surface area contributed by atoms with Crippen LogP contribution in [-0.2, 0) is 16.1 Å². The highest BCUT2D eigenvalue weighted by atomic mass is 16.5. The first kappa shape index (κ1) is 22.0. The van der Waals surface area contributed by atoms with E-state index in [0.29, 0.717) is 43.1 Å². The second-order valence-electron chi connectivity index (χ2n) is 8.35. The summed E-state index contributed by atoms with van der Waals surface area (Å²) in [4.78, 5) is 28.1. The summed E-state index contributed by atoms with van der Waals surface area (Å²) in [5, 5.41) is 3.08. The van der Waals surface area contributed by atoms with Crippen LogP contribution in [0.2, 0.25) is 0 Å². The van der Waals surface area contributed by atoms with Crippen molar-refractivity contribution < 1.29 is 23.8 Å². The van der Waals surface area contributed by atoms with Gasteiger partial charge in [-0.1, -0.05) is 43.2 Å². The fourth-order valence-corrected chi connectivity index (χ4v) is 5.02. The van der Waals surface area contributed by atoms with Crippen molar-refractivity contribution in [2.24, 2.45) is 0 Å². The summed E-state index contributed by atoms with van der Waals surface area (Å²) in [5.41, 5.74) is 1.11. The molecule has 2 amide bonds. The number of carbonyl (C=O) groups is 2. The number of benzene rings is 2. The highest BCUT2D eigenvalue weighted by Crippen LogP contribution is 2.47. The number of likely N-dealkylation sites (tertiary alicyclic amines) is 1. The van der Waals surface area contributed by atoms with Crippen molar-refractivity contribution in [1.82, 2.24) is 10.2 Å². The SMILES string of the molecule is COc1cc(CNC(=O)C2(N3C(=O)CC3c3ccccc3)CCCC2)cc(OC)c1OC. The van der Waals surface area contributed by atoms with Crippen LogP contribution < -0.4 is 19.5 Å².